The minimum atomic E-state index is -0.439. The van der Waals surface area contributed by atoms with Gasteiger partial charge < -0.3 is 9.84 Å². The summed E-state index contributed by atoms with van der Waals surface area (Å²) in [5, 5.41) is 17.7. The van der Waals surface area contributed by atoms with E-state index in [4.69, 9.17) is 10.00 Å². The summed E-state index contributed by atoms with van der Waals surface area (Å²) >= 11 is 0. The Bertz CT molecular complexity index is 164. The molecule has 62 valence electrons. The molecule has 1 N–H and O–H groups in total. The van der Waals surface area contributed by atoms with Crippen LogP contribution >= 0.6 is 0 Å². The fourth-order valence-corrected chi connectivity index (χ4v) is 1.32. The second-order valence-corrected chi connectivity index (χ2v) is 2.99. The van der Waals surface area contributed by atoms with Crippen molar-refractivity contribution >= 4 is 0 Å². The Morgan fingerprint density at radius 1 is 1.64 bits per heavy atom. The van der Waals surface area contributed by atoms with Gasteiger partial charge in [0.15, 0.2) is 0 Å². The summed E-state index contributed by atoms with van der Waals surface area (Å²) in [5.41, 5.74) is 0. The van der Waals surface area contributed by atoms with Crippen molar-refractivity contribution in [1.29, 1.82) is 5.26 Å². The molecule has 0 aliphatic carbocycles. The van der Waals surface area contributed by atoms with E-state index in [2.05, 4.69) is 0 Å². The van der Waals surface area contributed by atoms with Crippen molar-refractivity contribution < 1.29 is 9.84 Å². The second-order valence-electron chi connectivity index (χ2n) is 2.99. The van der Waals surface area contributed by atoms with Crippen molar-refractivity contribution in [2.45, 2.75) is 44.5 Å². The van der Waals surface area contributed by atoms with Gasteiger partial charge in [-0.25, -0.2) is 0 Å². The highest BCUT2D eigenvalue weighted by atomic mass is 16.5. The molecule has 1 saturated heterocycles. The fourth-order valence-electron chi connectivity index (χ4n) is 1.32. The molecule has 1 heterocycles. The lowest BCUT2D eigenvalue weighted by Gasteiger charge is -2.30. The van der Waals surface area contributed by atoms with Crippen LogP contribution in [-0.2, 0) is 4.74 Å². The first-order valence-electron chi connectivity index (χ1n) is 3.94. The van der Waals surface area contributed by atoms with Gasteiger partial charge in [-0.05, 0) is 19.8 Å². The van der Waals surface area contributed by atoms with Gasteiger partial charge in [-0.1, -0.05) is 0 Å². The molecule has 3 atom stereocenters. The molecule has 0 bridgehead atoms. The molecule has 1 fully saturated rings. The summed E-state index contributed by atoms with van der Waals surface area (Å²) in [6, 6.07) is 2.00. The first-order valence-corrected chi connectivity index (χ1v) is 3.94. The number of rotatable bonds is 1. The van der Waals surface area contributed by atoms with E-state index in [1.807, 2.05) is 13.0 Å². The Morgan fingerprint density at radius 3 is 3.00 bits per heavy atom. The number of nitrogens with zero attached hydrogens (tertiary/aromatic N) is 1. The molecule has 0 aromatic heterocycles. The van der Waals surface area contributed by atoms with Gasteiger partial charge in [0.25, 0.3) is 0 Å². The molecule has 0 spiro atoms. The van der Waals surface area contributed by atoms with Crippen LogP contribution in [0.3, 0.4) is 0 Å². The molecule has 0 radical (unpaired) electrons. The molecule has 11 heavy (non-hydrogen) atoms. The zero-order chi connectivity index (χ0) is 8.27. The summed E-state index contributed by atoms with van der Waals surface area (Å²) in [7, 11) is 0. The molecular formula is C8H13NO2. The van der Waals surface area contributed by atoms with E-state index in [1.165, 1.54) is 0 Å². The van der Waals surface area contributed by atoms with Gasteiger partial charge in [0.1, 0.15) is 0 Å². The maximum absolute atomic E-state index is 9.34. The minimum absolute atomic E-state index is 0.191. The van der Waals surface area contributed by atoms with E-state index >= 15 is 0 Å². The fraction of sp³-hybridized carbons (Fsp3) is 0.875. The van der Waals surface area contributed by atoms with E-state index in [0.29, 0.717) is 6.42 Å². The number of nitriles is 1. The lowest BCUT2D eigenvalue weighted by Crippen LogP contribution is -2.37. The van der Waals surface area contributed by atoms with Gasteiger partial charge >= 0.3 is 0 Å². The molecular weight excluding hydrogens is 142 g/mol. The molecule has 0 aromatic rings. The van der Waals surface area contributed by atoms with Crippen LogP contribution in [0.4, 0.5) is 0 Å². The van der Waals surface area contributed by atoms with Crippen molar-refractivity contribution in [3.05, 3.63) is 0 Å². The van der Waals surface area contributed by atoms with Gasteiger partial charge in [0.2, 0.25) is 0 Å². The Kier molecular flexibility index (Phi) is 2.86. The summed E-state index contributed by atoms with van der Waals surface area (Å²) in [4.78, 5) is 0. The van der Waals surface area contributed by atoms with Crippen LogP contribution in [0.2, 0.25) is 0 Å². The first kappa shape index (κ1) is 8.51. The Morgan fingerprint density at radius 2 is 2.36 bits per heavy atom. The summed E-state index contributed by atoms with van der Waals surface area (Å²) in [6.07, 6.45) is 1.44. The Balaban J connectivity index is 2.42. The predicted molar refractivity (Wildman–Crippen MR) is 39.8 cm³/mol. The first-order chi connectivity index (χ1) is 5.24. The molecule has 0 unspecified atom stereocenters. The van der Waals surface area contributed by atoms with Crippen molar-refractivity contribution in [3.63, 3.8) is 0 Å². The number of aliphatic hydroxyl groups excluding tert-OH is 1. The summed E-state index contributed by atoms with van der Waals surface area (Å²) in [6.45, 7) is 1.97. The standard InChI is InChI=1S/C8H13NO2/c1-6-2-3-7(10)8(11-6)4-5-9/h6-8,10H,2-4H2,1H3/t6-,7+,8-/m1/s1. The smallest absolute Gasteiger partial charge is 0.0967 e. The largest absolute Gasteiger partial charge is 0.390 e. The van der Waals surface area contributed by atoms with Crippen molar-refractivity contribution in [2.75, 3.05) is 0 Å². The monoisotopic (exact) mass is 155 g/mol. The van der Waals surface area contributed by atoms with Crippen LogP contribution in [0.1, 0.15) is 26.2 Å². The maximum atomic E-state index is 9.34. The average molecular weight is 155 g/mol. The predicted octanol–water partition coefficient (Wildman–Crippen LogP) is 0.828. The lowest BCUT2D eigenvalue weighted by molar-refractivity contribution is -0.107. The molecule has 3 nitrogen and oxygen atoms in total. The molecule has 1 aliphatic rings. The zero-order valence-corrected chi connectivity index (χ0v) is 6.66. The summed E-state index contributed by atoms with van der Waals surface area (Å²) in [5.74, 6) is 0. The molecule has 3 heteroatoms. The molecule has 1 rings (SSSR count). The van der Waals surface area contributed by atoms with E-state index < -0.39 is 6.10 Å². The van der Waals surface area contributed by atoms with Crippen molar-refractivity contribution in [1.82, 2.24) is 0 Å². The van der Waals surface area contributed by atoms with Crippen LogP contribution in [0.25, 0.3) is 0 Å². The lowest BCUT2D eigenvalue weighted by atomic mass is 10.0. The number of hydrogen-bond donors (Lipinski definition) is 1. The zero-order valence-electron chi connectivity index (χ0n) is 6.66. The molecule has 0 saturated carbocycles. The molecule has 1 aliphatic heterocycles. The average Bonchev–Trinajstić information content (AvgIpc) is 1.98. The minimum Gasteiger partial charge on any atom is -0.390 e. The summed E-state index contributed by atoms with van der Waals surface area (Å²) < 4.78 is 5.37. The third-order valence-corrected chi connectivity index (χ3v) is 2.00. The number of ether oxygens (including phenoxy) is 1. The quantitative estimate of drug-likeness (QED) is 0.610. The highest BCUT2D eigenvalue weighted by molar-refractivity contribution is 4.84. The van der Waals surface area contributed by atoms with E-state index in [9.17, 15) is 5.11 Å². The highest BCUT2D eigenvalue weighted by Crippen LogP contribution is 2.20. The van der Waals surface area contributed by atoms with E-state index in [-0.39, 0.29) is 12.2 Å². The van der Waals surface area contributed by atoms with Crippen molar-refractivity contribution in [3.8, 4) is 6.07 Å². The van der Waals surface area contributed by atoms with Gasteiger partial charge in [-0.15, -0.1) is 0 Å². The van der Waals surface area contributed by atoms with Crippen LogP contribution in [0.5, 0.6) is 0 Å². The highest BCUT2D eigenvalue weighted by Gasteiger charge is 2.27. The third kappa shape index (κ3) is 2.18. The van der Waals surface area contributed by atoms with Crippen LogP contribution in [0, 0.1) is 11.3 Å². The topological polar surface area (TPSA) is 53.2 Å². The van der Waals surface area contributed by atoms with Gasteiger partial charge in [0, 0.05) is 0 Å². The normalized spacial score (nSPS) is 38.1. The maximum Gasteiger partial charge on any atom is 0.0967 e. The van der Waals surface area contributed by atoms with Gasteiger partial charge in [-0.3, -0.25) is 0 Å². The number of hydrogen-bond acceptors (Lipinski definition) is 3. The van der Waals surface area contributed by atoms with Gasteiger partial charge in [-0.2, -0.15) is 5.26 Å². The van der Waals surface area contributed by atoms with Crippen molar-refractivity contribution in [2.24, 2.45) is 0 Å². The Labute approximate surface area is 66.6 Å². The van der Waals surface area contributed by atoms with E-state index in [0.717, 1.165) is 12.8 Å². The van der Waals surface area contributed by atoms with Crippen LogP contribution < -0.4 is 0 Å². The molecule has 0 aromatic carbocycles. The third-order valence-electron chi connectivity index (χ3n) is 2.00. The second kappa shape index (κ2) is 3.70. The number of aliphatic hydroxyl groups is 1. The van der Waals surface area contributed by atoms with Gasteiger partial charge in [0.05, 0.1) is 30.8 Å². The molecule has 0 amide bonds. The van der Waals surface area contributed by atoms with E-state index in [1.54, 1.807) is 0 Å². The Hall–Kier alpha value is -0.590. The van der Waals surface area contributed by atoms with Crippen LogP contribution in [-0.4, -0.2) is 23.4 Å². The van der Waals surface area contributed by atoms with Crippen LogP contribution in [0.15, 0.2) is 0 Å². The SMILES string of the molecule is C[C@@H]1CC[C@H](O)[C@@H](CC#N)O1.